The van der Waals surface area contributed by atoms with E-state index in [4.69, 9.17) is 4.74 Å². The summed E-state index contributed by atoms with van der Waals surface area (Å²) in [6, 6.07) is 15.6. The second-order valence-electron chi connectivity index (χ2n) is 6.72. The molecular formula is C20H24N2O2. The summed E-state index contributed by atoms with van der Waals surface area (Å²) in [5.74, 6) is 0.423. The Labute approximate surface area is 143 Å². The number of nitrogens with one attached hydrogen (secondary N) is 1. The number of nitrogens with zero attached hydrogens (tertiary/aromatic N) is 1. The van der Waals surface area contributed by atoms with Gasteiger partial charge in [-0.2, -0.15) is 5.10 Å². The number of rotatable bonds is 5. The van der Waals surface area contributed by atoms with Gasteiger partial charge >= 0.3 is 0 Å². The summed E-state index contributed by atoms with van der Waals surface area (Å²) in [6.45, 7) is 8.42. The molecule has 1 N–H and O–H groups in total. The van der Waals surface area contributed by atoms with Crippen LogP contribution in [0.15, 0.2) is 53.6 Å². The van der Waals surface area contributed by atoms with Crippen LogP contribution in [0.5, 0.6) is 5.75 Å². The fourth-order valence-corrected chi connectivity index (χ4v) is 2.17. The number of carbonyl (C=O) groups excluding carboxylic acids is 1. The van der Waals surface area contributed by atoms with Crippen molar-refractivity contribution in [3.8, 4) is 5.75 Å². The molecule has 1 amide bonds. The van der Waals surface area contributed by atoms with Gasteiger partial charge in [0.15, 0.2) is 6.61 Å². The summed E-state index contributed by atoms with van der Waals surface area (Å²) >= 11 is 0. The van der Waals surface area contributed by atoms with Gasteiger partial charge in [0.1, 0.15) is 5.75 Å². The van der Waals surface area contributed by atoms with Gasteiger partial charge in [-0.15, -0.1) is 0 Å². The first kappa shape index (κ1) is 17.7. The van der Waals surface area contributed by atoms with E-state index in [0.717, 1.165) is 11.1 Å². The first-order valence-electron chi connectivity index (χ1n) is 7.97. The molecule has 0 aromatic heterocycles. The Hall–Kier alpha value is -2.62. The fourth-order valence-electron chi connectivity index (χ4n) is 2.17. The lowest BCUT2D eigenvalue weighted by molar-refractivity contribution is -0.123. The lowest BCUT2D eigenvalue weighted by Crippen LogP contribution is -2.24. The molecule has 126 valence electrons. The van der Waals surface area contributed by atoms with Crippen molar-refractivity contribution < 1.29 is 9.53 Å². The third kappa shape index (κ3) is 5.23. The highest BCUT2D eigenvalue weighted by Gasteiger charge is 2.15. The molecule has 0 atom stereocenters. The predicted octanol–water partition coefficient (Wildman–Crippen LogP) is 3.82. The molecule has 0 fully saturated rings. The zero-order valence-electron chi connectivity index (χ0n) is 14.7. The smallest absolute Gasteiger partial charge is 0.277 e. The first-order valence-corrected chi connectivity index (χ1v) is 7.97. The zero-order chi connectivity index (χ0) is 17.6. The largest absolute Gasteiger partial charge is 0.483 e. The van der Waals surface area contributed by atoms with Crippen LogP contribution < -0.4 is 10.2 Å². The van der Waals surface area contributed by atoms with Crippen LogP contribution in [0.4, 0.5) is 0 Å². The van der Waals surface area contributed by atoms with Crippen LogP contribution >= 0.6 is 0 Å². The highest BCUT2D eigenvalue weighted by Crippen LogP contribution is 2.27. The van der Waals surface area contributed by atoms with Crippen molar-refractivity contribution in [3.63, 3.8) is 0 Å². The molecule has 4 nitrogen and oxygen atoms in total. The molecule has 0 aliphatic rings. The predicted molar refractivity (Wildman–Crippen MR) is 97.6 cm³/mol. The molecule has 2 aromatic rings. The number of hydrogen-bond acceptors (Lipinski definition) is 3. The Morgan fingerprint density at radius 1 is 1.17 bits per heavy atom. The number of amides is 1. The van der Waals surface area contributed by atoms with Crippen LogP contribution in [0.2, 0.25) is 0 Å². The second-order valence-corrected chi connectivity index (χ2v) is 6.72. The maximum absolute atomic E-state index is 11.8. The van der Waals surface area contributed by atoms with E-state index >= 15 is 0 Å². The quantitative estimate of drug-likeness (QED) is 0.671. The van der Waals surface area contributed by atoms with Crippen LogP contribution in [-0.2, 0) is 10.2 Å². The molecule has 0 bridgehead atoms. The number of hydrogen-bond donors (Lipinski definition) is 1. The highest BCUT2D eigenvalue weighted by molar-refractivity contribution is 5.82. The Balaban J connectivity index is 1.87. The van der Waals surface area contributed by atoms with Crippen molar-refractivity contribution in [1.82, 2.24) is 5.43 Å². The van der Waals surface area contributed by atoms with E-state index in [1.165, 1.54) is 5.56 Å². The average Bonchev–Trinajstić information content (AvgIpc) is 2.54. The molecule has 0 aliphatic carbocycles. The molecular weight excluding hydrogens is 300 g/mol. The Bertz CT molecular complexity index is 716. The van der Waals surface area contributed by atoms with E-state index in [9.17, 15) is 4.79 Å². The molecule has 0 spiro atoms. The van der Waals surface area contributed by atoms with E-state index in [1.54, 1.807) is 6.21 Å². The van der Waals surface area contributed by atoms with Crippen LogP contribution in [0.1, 0.15) is 37.5 Å². The topological polar surface area (TPSA) is 50.7 Å². The van der Waals surface area contributed by atoms with E-state index in [1.807, 2.05) is 49.4 Å². The van der Waals surface area contributed by atoms with E-state index < -0.39 is 0 Å². The Morgan fingerprint density at radius 2 is 1.88 bits per heavy atom. The standard InChI is InChI=1S/C20H24N2O2/c1-15-12-17(20(2,3)4)10-11-18(15)24-14-19(23)22-21-13-16-8-6-5-7-9-16/h5-13H,14H2,1-4H3,(H,22,23)/b21-13-. The van der Waals surface area contributed by atoms with Crippen molar-refractivity contribution in [2.24, 2.45) is 5.10 Å². The van der Waals surface area contributed by atoms with Gasteiger partial charge < -0.3 is 4.74 Å². The van der Waals surface area contributed by atoms with E-state index in [0.29, 0.717) is 5.75 Å². The number of carbonyl (C=O) groups is 1. The van der Waals surface area contributed by atoms with Crippen molar-refractivity contribution in [3.05, 3.63) is 65.2 Å². The number of hydrazone groups is 1. The van der Waals surface area contributed by atoms with Gasteiger partial charge in [-0.25, -0.2) is 5.43 Å². The summed E-state index contributed by atoms with van der Waals surface area (Å²) in [5.41, 5.74) is 5.73. The average molecular weight is 324 g/mol. The van der Waals surface area contributed by atoms with Crippen molar-refractivity contribution in [2.75, 3.05) is 6.61 Å². The minimum Gasteiger partial charge on any atom is -0.483 e. The number of benzene rings is 2. The number of aryl methyl sites for hydroxylation is 1. The van der Waals surface area contributed by atoms with Crippen molar-refractivity contribution >= 4 is 12.1 Å². The van der Waals surface area contributed by atoms with E-state index in [-0.39, 0.29) is 17.9 Å². The summed E-state index contributed by atoms with van der Waals surface area (Å²) in [6.07, 6.45) is 1.60. The third-order valence-electron chi connectivity index (χ3n) is 3.60. The molecule has 4 heteroatoms. The highest BCUT2D eigenvalue weighted by atomic mass is 16.5. The maximum Gasteiger partial charge on any atom is 0.277 e. The van der Waals surface area contributed by atoms with Crippen LogP contribution in [0, 0.1) is 6.92 Å². The lowest BCUT2D eigenvalue weighted by atomic mass is 9.86. The van der Waals surface area contributed by atoms with Gasteiger partial charge in [0.2, 0.25) is 0 Å². The molecule has 0 saturated heterocycles. The molecule has 0 aliphatic heterocycles. The summed E-state index contributed by atoms with van der Waals surface area (Å²) < 4.78 is 5.58. The maximum atomic E-state index is 11.8. The van der Waals surface area contributed by atoms with Gasteiger partial charge in [0.05, 0.1) is 6.21 Å². The summed E-state index contributed by atoms with van der Waals surface area (Å²) in [7, 11) is 0. The van der Waals surface area contributed by atoms with Gasteiger partial charge in [0, 0.05) is 0 Å². The zero-order valence-corrected chi connectivity index (χ0v) is 14.7. The Morgan fingerprint density at radius 3 is 2.50 bits per heavy atom. The van der Waals surface area contributed by atoms with Gasteiger partial charge in [-0.1, -0.05) is 63.2 Å². The van der Waals surface area contributed by atoms with Crippen LogP contribution in [0.25, 0.3) is 0 Å². The van der Waals surface area contributed by atoms with Gasteiger partial charge in [-0.05, 0) is 35.1 Å². The fraction of sp³-hybridized carbons (Fsp3) is 0.300. The molecule has 0 heterocycles. The number of ether oxygens (including phenoxy) is 1. The van der Waals surface area contributed by atoms with Crippen LogP contribution in [-0.4, -0.2) is 18.7 Å². The van der Waals surface area contributed by atoms with Gasteiger partial charge in [-0.3, -0.25) is 4.79 Å². The lowest BCUT2D eigenvalue weighted by Gasteiger charge is -2.20. The minimum atomic E-state index is -0.290. The molecule has 2 aromatic carbocycles. The molecule has 24 heavy (non-hydrogen) atoms. The van der Waals surface area contributed by atoms with Crippen molar-refractivity contribution in [1.29, 1.82) is 0 Å². The molecule has 0 saturated carbocycles. The normalized spacial score (nSPS) is 11.5. The SMILES string of the molecule is Cc1cc(C(C)(C)C)ccc1OCC(=O)N/N=C\c1ccccc1. The molecule has 0 unspecified atom stereocenters. The first-order chi connectivity index (χ1) is 11.4. The van der Waals surface area contributed by atoms with Crippen molar-refractivity contribution in [2.45, 2.75) is 33.1 Å². The molecule has 2 rings (SSSR count). The van der Waals surface area contributed by atoms with E-state index in [2.05, 4.69) is 37.4 Å². The third-order valence-corrected chi connectivity index (χ3v) is 3.60. The minimum absolute atomic E-state index is 0.0676. The van der Waals surface area contributed by atoms with Crippen LogP contribution in [0.3, 0.4) is 0 Å². The summed E-state index contributed by atoms with van der Waals surface area (Å²) in [5, 5.41) is 3.92. The Kier molecular flexibility index (Phi) is 5.74. The monoisotopic (exact) mass is 324 g/mol. The van der Waals surface area contributed by atoms with Gasteiger partial charge in [0.25, 0.3) is 5.91 Å². The summed E-state index contributed by atoms with van der Waals surface area (Å²) in [4.78, 5) is 11.8. The molecule has 0 radical (unpaired) electrons. The second kappa shape index (κ2) is 7.77.